The first-order chi connectivity index (χ1) is 13.0. The van der Waals surface area contributed by atoms with Gasteiger partial charge in [0.1, 0.15) is 27.0 Å². The molecule has 4 aromatic rings. The number of hydrogen-bond donors (Lipinski definition) is 1. The van der Waals surface area contributed by atoms with Gasteiger partial charge in [0.15, 0.2) is 0 Å². The van der Waals surface area contributed by atoms with E-state index in [1.165, 1.54) is 11.3 Å². The molecule has 2 heterocycles. The second-order valence-corrected chi connectivity index (χ2v) is 6.88. The summed E-state index contributed by atoms with van der Waals surface area (Å²) in [6.45, 7) is 1.85. The molecular formula is C20H13F2N3OS. The fourth-order valence-corrected chi connectivity index (χ4v) is 3.74. The zero-order valence-electron chi connectivity index (χ0n) is 14.2. The van der Waals surface area contributed by atoms with Crippen molar-refractivity contribution in [1.82, 2.24) is 9.97 Å². The van der Waals surface area contributed by atoms with E-state index in [1.54, 1.807) is 18.3 Å². The molecule has 0 unspecified atom stereocenters. The molecule has 0 aliphatic rings. The molecule has 4 rings (SSSR count). The number of aromatic nitrogens is 2. The van der Waals surface area contributed by atoms with Crippen molar-refractivity contribution in [3.05, 3.63) is 77.5 Å². The molecule has 27 heavy (non-hydrogen) atoms. The first-order valence-corrected chi connectivity index (χ1v) is 8.92. The number of halogens is 2. The zero-order valence-corrected chi connectivity index (χ0v) is 15.0. The maximum Gasteiger partial charge on any atom is 0.258 e. The number of hydrogen-bond acceptors (Lipinski definition) is 4. The molecule has 1 amide bonds. The Hall–Kier alpha value is -3.19. The summed E-state index contributed by atoms with van der Waals surface area (Å²) in [7, 11) is 0. The quantitative estimate of drug-likeness (QED) is 0.531. The third-order valence-electron chi connectivity index (χ3n) is 4.15. The molecular weight excluding hydrogens is 368 g/mol. The Balaban J connectivity index is 1.68. The highest BCUT2D eigenvalue weighted by Gasteiger charge is 2.16. The van der Waals surface area contributed by atoms with Gasteiger partial charge >= 0.3 is 0 Å². The molecule has 134 valence electrons. The number of rotatable bonds is 3. The Kier molecular flexibility index (Phi) is 4.37. The normalized spacial score (nSPS) is 10.9. The van der Waals surface area contributed by atoms with Crippen LogP contribution in [0.5, 0.6) is 0 Å². The third kappa shape index (κ3) is 3.29. The summed E-state index contributed by atoms with van der Waals surface area (Å²) in [6.07, 6.45) is 1.71. The maximum absolute atomic E-state index is 13.9. The molecule has 1 N–H and O–H groups in total. The maximum atomic E-state index is 13.9. The number of thiazole rings is 1. The van der Waals surface area contributed by atoms with E-state index in [9.17, 15) is 13.6 Å². The molecule has 2 aromatic carbocycles. The monoisotopic (exact) mass is 381 g/mol. The summed E-state index contributed by atoms with van der Waals surface area (Å²) in [5, 5.41) is 3.47. The van der Waals surface area contributed by atoms with Crippen LogP contribution in [0.15, 0.2) is 54.7 Å². The van der Waals surface area contributed by atoms with Gasteiger partial charge in [0.25, 0.3) is 5.91 Å². The van der Waals surface area contributed by atoms with E-state index < -0.39 is 17.5 Å². The van der Waals surface area contributed by atoms with Crippen molar-refractivity contribution in [3.63, 3.8) is 0 Å². The van der Waals surface area contributed by atoms with Crippen LogP contribution in [0.4, 0.5) is 14.5 Å². The number of amides is 1. The highest BCUT2D eigenvalue weighted by atomic mass is 32.1. The minimum absolute atomic E-state index is 0.217. The summed E-state index contributed by atoms with van der Waals surface area (Å²) in [4.78, 5) is 22.1. The van der Waals surface area contributed by atoms with Gasteiger partial charge < -0.3 is 5.32 Å². The molecule has 0 saturated heterocycles. The Morgan fingerprint density at radius 3 is 2.74 bits per heavy atom. The average Bonchev–Trinajstić information content (AvgIpc) is 3.07. The van der Waals surface area contributed by atoms with Gasteiger partial charge in [-0.1, -0.05) is 23.5 Å². The van der Waals surface area contributed by atoms with Crippen LogP contribution < -0.4 is 5.32 Å². The van der Waals surface area contributed by atoms with Gasteiger partial charge in [0.05, 0.1) is 5.56 Å². The van der Waals surface area contributed by atoms with Crippen molar-refractivity contribution < 1.29 is 13.6 Å². The van der Waals surface area contributed by atoms with Gasteiger partial charge in [0, 0.05) is 23.5 Å². The van der Waals surface area contributed by atoms with E-state index >= 15 is 0 Å². The van der Waals surface area contributed by atoms with Crippen LogP contribution in [0.3, 0.4) is 0 Å². The van der Waals surface area contributed by atoms with Crippen LogP contribution in [0.2, 0.25) is 0 Å². The van der Waals surface area contributed by atoms with Crippen LogP contribution in [0.1, 0.15) is 15.9 Å². The highest BCUT2D eigenvalue weighted by Crippen LogP contribution is 2.33. The molecule has 0 spiro atoms. The number of pyridine rings is 1. The molecule has 0 radical (unpaired) electrons. The lowest BCUT2D eigenvalue weighted by molar-refractivity contribution is 0.102. The van der Waals surface area contributed by atoms with Crippen LogP contribution in [0, 0.1) is 18.6 Å². The molecule has 0 bridgehead atoms. The van der Waals surface area contributed by atoms with E-state index in [0.717, 1.165) is 38.6 Å². The molecule has 2 aromatic heterocycles. The molecule has 7 heteroatoms. The first-order valence-electron chi connectivity index (χ1n) is 8.11. The van der Waals surface area contributed by atoms with Crippen molar-refractivity contribution >= 4 is 33.3 Å². The topological polar surface area (TPSA) is 54.9 Å². The largest absolute Gasteiger partial charge is 0.322 e. The fourth-order valence-electron chi connectivity index (χ4n) is 2.75. The number of carbonyl (C=O) groups is 1. The fraction of sp³-hybridized carbons (Fsp3) is 0.0500. The lowest BCUT2D eigenvalue weighted by atomic mass is 10.1. The summed E-state index contributed by atoms with van der Waals surface area (Å²) in [5.41, 5.74) is 2.78. The predicted octanol–water partition coefficient (Wildman–Crippen LogP) is 5.20. The Labute approximate surface area is 157 Å². The van der Waals surface area contributed by atoms with Gasteiger partial charge in [-0.05, 0) is 42.8 Å². The van der Waals surface area contributed by atoms with Crippen molar-refractivity contribution in [2.24, 2.45) is 0 Å². The van der Waals surface area contributed by atoms with Gasteiger partial charge in [0.2, 0.25) is 0 Å². The van der Waals surface area contributed by atoms with E-state index in [0.29, 0.717) is 11.8 Å². The van der Waals surface area contributed by atoms with Gasteiger partial charge in [-0.2, -0.15) is 0 Å². The minimum Gasteiger partial charge on any atom is -0.322 e. The minimum atomic E-state index is -0.904. The van der Waals surface area contributed by atoms with Crippen LogP contribution in [-0.4, -0.2) is 15.9 Å². The Morgan fingerprint density at radius 1 is 1.11 bits per heavy atom. The molecule has 0 saturated carbocycles. The lowest BCUT2D eigenvalue weighted by Gasteiger charge is -2.11. The number of benzene rings is 2. The summed E-state index contributed by atoms with van der Waals surface area (Å²) in [5.74, 6) is -2.27. The molecule has 0 aliphatic heterocycles. The summed E-state index contributed by atoms with van der Waals surface area (Å²) in [6, 6.07) is 12.0. The van der Waals surface area contributed by atoms with Gasteiger partial charge in [-0.3, -0.25) is 4.79 Å². The zero-order chi connectivity index (χ0) is 19.0. The van der Waals surface area contributed by atoms with Gasteiger partial charge in [-0.15, -0.1) is 0 Å². The number of nitrogens with one attached hydrogen (secondary N) is 1. The first kappa shape index (κ1) is 17.2. The number of carbonyl (C=O) groups excluding carboxylic acids is 1. The average molecular weight is 381 g/mol. The second kappa shape index (κ2) is 6.85. The van der Waals surface area contributed by atoms with Crippen LogP contribution >= 0.6 is 11.3 Å². The van der Waals surface area contributed by atoms with Crippen LogP contribution in [-0.2, 0) is 0 Å². The number of anilines is 1. The molecule has 0 aliphatic carbocycles. The number of nitrogens with zero attached hydrogens (tertiary/aromatic N) is 2. The highest BCUT2D eigenvalue weighted by molar-refractivity contribution is 7.21. The SMILES string of the molecule is Cc1c(NC(=O)c2ccc(F)cc2F)cccc1-c1nc2cccnc2s1. The van der Waals surface area contributed by atoms with Gasteiger partial charge in [-0.25, -0.2) is 18.7 Å². The van der Waals surface area contributed by atoms with Crippen molar-refractivity contribution in [2.75, 3.05) is 5.32 Å². The van der Waals surface area contributed by atoms with E-state index in [2.05, 4.69) is 15.3 Å². The smallest absolute Gasteiger partial charge is 0.258 e. The second-order valence-electron chi connectivity index (χ2n) is 5.90. The predicted molar refractivity (Wildman–Crippen MR) is 102 cm³/mol. The van der Waals surface area contributed by atoms with Crippen LogP contribution in [0.25, 0.3) is 20.9 Å². The standard InChI is InChI=1S/C20H13F2N3OS/c1-11-13(19-25-17-6-3-9-23-20(17)27-19)4-2-5-16(11)24-18(26)14-8-7-12(21)10-15(14)22/h2-10H,1H3,(H,24,26). The molecule has 0 atom stereocenters. The molecule has 0 fully saturated rings. The summed E-state index contributed by atoms with van der Waals surface area (Å²) >= 11 is 1.46. The van der Waals surface area contributed by atoms with E-state index in [1.807, 2.05) is 25.1 Å². The van der Waals surface area contributed by atoms with Crippen molar-refractivity contribution in [2.45, 2.75) is 6.92 Å². The number of fused-ring (bicyclic) bond motifs is 1. The van der Waals surface area contributed by atoms with Crippen molar-refractivity contribution in [1.29, 1.82) is 0 Å². The third-order valence-corrected chi connectivity index (χ3v) is 5.17. The Bertz CT molecular complexity index is 1140. The molecule has 4 nitrogen and oxygen atoms in total. The summed E-state index contributed by atoms with van der Waals surface area (Å²) < 4.78 is 26.9. The van der Waals surface area contributed by atoms with E-state index in [4.69, 9.17) is 0 Å². The Morgan fingerprint density at radius 2 is 1.96 bits per heavy atom. The van der Waals surface area contributed by atoms with Crippen molar-refractivity contribution in [3.8, 4) is 10.6 Å². The lowest BCUT2D eigenvalue weighted by Crippen LogP contribution is -2.14. The van der Waals surface area contributed by atoms with E-state index in [-0.39, 0.29) is 5.56 Å².